The number of likely N-dealkylation sites (N-methyl/N-ethyl adjacent to an activating group) is 1. The molecule has 2 heterocycles. The Morgan fingerprint density at radius 2 is 1.85 bits per heavy atom. The number of allylic oxidation sites excluding steroid dienone is 2. The summed E-state index contributed by atoms with van der Waals surface area (Å²) in [4.78, 5) is 68.8. The molecule has 2 aromatic carbocycles. The lowest BCUT2D eigenvalue weighted by Gasteiger charge is -2.42. The first-order chi connectivity index (χ1) is 27.6. The van der Waals surface area contributed by atoms with E-state index in [1.165, 1.54) is 64.3 Å². The molecule has 4 rings (SSSR count). The summed E-state index contributed by atoms with van der Waals surface area (Å²) in [6, 6.07) is 6.75. The highest BCUT2D eigenvalue weighted by Crippen LogP contribution is 2.49. The van der Waals surface area contributed by atoms with E-state index in [1.54, 1.807) is 33.0 Å². The highest BCUT2D eigenvalue weighted by Gasteiger charge is 2.64. The number of hydrogen-bond donors (Lipinski definition) is 4. The molecule has 4 amide bonds. The quantitative estimate of drug-likeness (QED) is 0.0717. The molecule has 16 nitrogen and oxygen atoms in total. The van der Waals surface area contributed by atoms with Crippen molar-refractivity contribution < 1.29 is 52.8 Å². The molecule has 0 aromatic heterocycles. The lowest BCUT2D eigenvalue weighted by Crippen LogP contribution is -2.63. The number of hydrogen-bond acceptors (Lipinski definition) is 12. The third kappa shape index (κ3) is 10.4. The molecule has 17 heteroatoms. The minimum atomic E-state index is -1.85. The van der Waals surface area contributed by atoms with Gasteiger partial charge in [-0.2, -0.15) is 0 Å². The van der Waals surface area contributed by atoms with E-state index in [2.05, 4.69) is 17.2 Å². The van der Waals surface area contributed by atoms with Crippen LogP contribution in [-0.4, -0.2) is 110 Å². The zero-order chi connectivity index (χ0) is 44.1. The highest BCUT2D eigenvalue weighted by molar-refractivity contribution is 6.35. The number of halogens is 1. The molecule has 0 saturated carbocycles. The molecule has 2 fully saturated rings. The number of cyclic esters (lactones) is 1. The zero-order valence-corrected chi connectivity index (χ0v) is 36.0. The van der Waals surface area contributed by atoms with E-state index in [0.717, 1.165) is 16.0 Å². The van der Waals surface area contributed by atoms with Crippen LogP contribution in [0, 0.1) is 5.92 Å². The monoisotopic (exact) mass is 841 g/mol. The van der Waals surface area contributed by atoms with Crippen molar-refractivity contribution >= 4 is 58.4 Å². The minimum absolute atomic E-state index is 0.103. The number of esters is 1. The van der Waals surface area contributed by atoms with Gasteiger partial charge >= 0.3 is 12.1 Å². The van der Waals surface area contributed by atoms with Crippen LogP contribution in [0.5, 0.6) is 5.75 Å². The Labute approximate surface area is 349 Å². The Hall–Kier alpha value is -5.16. The van der Waals surface area contributed by atoms with Crippen molar-refractivity contribution in [2.24, 2.45) is 5.92 Å². The maximum atomic E-state index is 14.3. The molecule has 2 saturated heterocycles. The largest absolute Gasteiger partial charge is 0.495 e. The number of carbonyl (C=O) groups is 5. The number of epoxide rings is 1. The molecule has 5 N–H and O–H groups in total. The number of anilines is 3. The molecule has 0 unspecified atom stereocenters. The fourth-order valence-electron chi connectivity index (χ4n) is 7.14. The molecule has 0 bridgehead atoms. The van der Waals surface area contributed by atoms with Crippen molar-refractivity contribution in [3.8, 4) is 5.75 Å². The smallest absolute Gasteiger partial charge is 0.409 e. The van der Waals surface area contributed by atoms with Crippen molar-refractivity contribution in [3.05, 3.63) is 70.8 Å². The second-order valence-electron chi connectivity index (χ2n) is 15.3. The topological polar surface area (TPSA) is 212 Å². The lowest BCUT2D eigenvalue weighted by atomic mass is 9.83. The van der Waals surface area contributed by atoms with Crippen molar-refractivity contribution in [1.29, 1.82) is 0 Å². The van der Waals surface area contributed by atoms with Gasteiger partial charge in [-0.1, -0.05) is 36.2 Å². The normalized spacial score (nSPS) is 23.3. The van der Waals surface area contributed by atoms with Gasteiger partial charge in [0.2, 0.25) is 11.8 Å². The van der Waals surface area contributed by atoms with Gasteiger partial charge < -0.3 is 49.6 Å². The maximum Gasteiger partial charge on any atom is 0.409 e. The number of nitrogens with zero attached hydrogens (tertiary/aromatic N) is 2. The molecule has 0 spiro atoms. The summed E-state index contributed by atoms with van der Waals surface area (Å²) in [5.41, 5.74) is 5.75. The Morgan fingerprint density at radius 3 is 2.44 bits per heavy atom. The lowest BCUT2D eigenvalue weighted by molar-refractivity contribution is -0.158. The summed E-state index contributed by atoms with van der Waals surface area (Å²) in [5.74, 6) is -2.52. The molecular formula is C42H56ClN5O11. The van der Waals surface area contributed by atoms with E-state index in [4.69, 9.17) is 41.0 Å². The van der Waals surface area contributed by atoms with Gasteiger partial charge in [0.25, 0.3) is 5.91 Å². The number of aliphatic hydroxyl groups is 1. The summed E-state index contributed by atoms with van der Waals surface area (Å²) >= 11 is 6.75. The Bertz CT molecular complexity index is 1990. The number of rotatable bonds is 17. The first-order valence-electron chi connectivity index (χ1n) is 19.1. The third-order valence-corrected chi connectivity index (χ3v) is 11.5. The summed E-state index contributed by atoms with van der Waals surface area (Å²) in [7, 11) is 5.80. The third-order valence-electron chi connectivity index (χ3n) is 11.1. The van der Waals surface area contributed by atoms with E-state index in [1.807, 2.05) is 19.9 Å². The van der Waals surface area contributed by atoms with E-state index in [9.17, 15) is 29.1 Å². The number of methoxy groups -OCH3 is 2. The predicted octanol–water partition coefficient (Wildman–Crippen LogP) is 5.01. The standard InChI is InChI=1S/C42H56ClN5O11/c1-12-22(3)16-26-17-30(36(43)31(18-26)55-10)48(9)35(50)20-34(41(7)37(59-41)23(4)32-21-42(54,33(13-2)56-11)46-40(53)57-32)58-39(52)24(5)47(8)38(51)27-14-15-28(44)29(19-27)45-25(6)49/h12-15,17-19,23-24,32-34,37,54H,2,16,20-21,44H2,1,3-11H3,(H,45,49)(H,46,53)/b22-12+/t23-,24+,32+,33-,34+,37+,41+,42+/m1/s1. The van der Waals surface area contributed by atoms with Crippen molar-refractivity contribution in [1.82, 2.24) is 10.2 Å². The average Bonchev–Trinajstić information content (AvgIpc) is 3.89. The summed E-state index contributed by atoms with van der Waals surface area (Å²) in [5, 5.41) is 16.6. The predicted molar refractivity (Wildman–Crippen MR) is 222 cm³/mol. The number of alkyl carbamates (subject to hydrolysis) is 1. The SMILES string of the molecule is C=C[C@@H](OC)[C@@]1(O)C[C@@H]([C@@H](C)[C@@H]2O[C@@]2(C)[C@H](CC(=O)N(C)c2cc(C/C(C)=C/C)cc(OC)c2Cl)OC(=O)[C@H](C)N(C)C(=O)c2ccc(N)c(NC(C)=O)c2)OC(=O)N1. The average molecular weight is 842 g/mol. The van der Waals surface area contributed by atoms with E-state index >= 15 is 0 Å². The summed E-state index contributed by atoms with van der Waals surface area (Å²) in [6.07, 6.45) is -1.29. The number of nitrogen functional groups attached to an aromatic ring is 1. The van der Waals surface area contributed by atoms with Crippen LogP contribution in [0.3, 0.4) is 0 Å². The van der Waals surface area contributed by atoms with Crippen LogP contribution in [-0.2, 0) is 39.8 Å². The zero-order valence-electron chi connectivity index (χ0n) is 35.2. The first kappa shape index (κ1) is 46.5. The van der Waals surface area contributed by atoms with Crippen LogP contribution in [0.15, 0.2) is 54.6 Å². The first-order valence-corrected chi connectivity index (χ1v) is 19.5. The van der Waals surface area contributed by atoms with Gasteiger partial charge in [0.15, 0.2) is 5.72 Å². The van der Waals surface area contributed by atoms with Gasteiger partial charge in [0.05, 0.1) is 36.7 Å². The molecule has 322 valence electrons. The van der Waals surface area contributed by atoms with Crippen LogP contribution in [0.2, 0.25) is 5.02 Å². The Balaban J connectivity index is 1.65. The van der Waals surface area contributed by atoms with E-state index < -0.39 is 71.6 Å². The van der Waals surface area contributed by atoms with Crippen molar-refractivity contribution in [3.63, 3.8) is 0 Å². The van der Waals surface area contributed by atoms with E-state index in [-0.39, 0.29) is 40.7 Å². The second kappa shape index (κ2) is 18.8. The molecule has 2 aliphatic rings. The Morgan fingerprint density at radius 1 is 1.17 bits per heavy atom. The number of ether oxygens (including phenoxy) is 5. The van der Waals surface area contributed by atoms with Gasteiger partial charge in [-0.3, -0.25) is 19.7 Å². The van der Waals surface area contributed by atoms with Gasteiger partial charge in [0.1, 0.15) is 40.7 Å². The molecule has 0 radical (unpaired) electrons. The summed E-state index contributed by atoms with van der Waals surface area (Å²) in [6.45, 7) is 13.8. The van der Waals surface area contributed by atoms with Crippen LogP contribution >= 0.6 is 11.6 Å². The van der Waals surface area contributed by atoms with Gasteiger partial charge in [0, 0.05) is 46.0 Å². The van der Waals surface area contributed by atoms with E-state index in [0.29, 0.717) is 17.9 Å². The molecule has 2 aromatic rings. The van der Waals surface area contributed by atoms with Crippen molar-refractivity contribution in [2.75, 3.05) is 44.3 Å². The van der Waals surface area contributed by atoms with Crippen molar-refractivity contribution in [2.45, 2.75) is 103 Å². The molecule has 0 aliphatic carbocycles. The molecule has 2 aliphatic heterocycles. The summed E-state index contributed by atoms with van der Waals surface area (Å²) < 4.78 is 28.9. The molecule has 59 heavy (non-hydrogen) atoms. The maximum absolute atomic E-state index is 14.3. The van der Waals surface area contributed by atoms with Gasteiger partial charge in [-0.25, -0.2) is 9.59 Å². The number of nitrogens with two attached hydrogens (primary N) is 1. The number of carbonyl (C=O) groups excluding carboxylic acids is 5. The second-order valence-corrected chi connectivity index (χ2v) is 15.6. The van der Waals surface area contributed by atoms with Gasteiger partial charge in [-0.15, -0.1) is 6.58 Å². The fourth-order valence-corrected chi connectivity index (χ4v) is 7.46. The van der Waals surface area contributed by atoms with Crippen LogP contribution in [0.4, 0.5) is 21.9 Å². The highest BCUT2D eigenvalue weighted by atomic mass is 35.5. The van der Waals surface area contributed by atoms with Crippen LogP contribution in [0.25, 0.3) is 0 Å². The molecular weight excluding hydrogens is 786 g/mol. The number of amides is 4. The van der Waals surface area contributed by atoms with Crippen LogP contribution < -0.4 is 26.0 Å². The van der Waals surface area contributed by atoms with Crippen LogP contribution in [0.1, 0.15) is 70.3 Å². The number of nitrogens with one attached hydrogen (secondary N) is 2. The fraction of sp³-hybridized carbons (Fsp3) is 0.500. The number of benzene rings is 2. The molecule has 8 atom stereocenters. The minimum Gasteiger partial charge on any atom is -0.495 e. The van der Waals surface area contributed by atoms with Gasteiger partial charge in [-0.05, 0) is 70.0 Å². The Kier molecular flexibility index (Phi) is 14.8.